The van der Waals surface area contributed by atoms with E-state index in [0.29, 0.717) is 23.0 Å². The topological polar surface area (TPSA) is 96.0 Å². The minimum absolute atomic E-state index is 0.0766. The summed E-state index contributed by atoms with van der Waals surface area (Å²) in [6, 6.07) is 11.7. The van der Waals surface area contributed by atoms with Crippen LogP contribution in [-0.4, -0.2) is 57.6 Å². The van der Waals surface area contributed by atoms with Crippen LogP contribution in [0.2, 0.25) is 5.02 Å². The summed E-state index contributed by atoms with van der Waals surface area (Å²) in [5, 5.41) is 3.27. The first-order chi connectivity index (χ1) is 17.0. The van der Waals surface area contributed by atoms with Crippen molar-refractivity contribution in [3.8, 4) is 5.75 Å². The van der Waals surface area contributed by atoms with Crippen LogP contribution in [0.15, 0.2) is 42.5 Å². The van der Waals surface area contributed by atoms with Crippen molar-refractivity contribution in [2.24, 2.45) is 0 Å². The van der Waals surface area contributed by atoms with E-state index in [1.165, 1.54) is 9.21 Å². The number of sulfonamides is 1. The predicted octanol–water partition coefficient (Wildman–Crippen LogP) is 4.15. The van der Waals surface area contributed by atoms with E-state index in [4.69, 9.17) is 16.3 Å². The largest absolute Gasteiger partial charge is 0.497 e. The van der Waals surface area contributed by atoms with Gasteiger partial charge >= 0.3 is 0 Å². The molecular weight excluding hydrogens is 502 g/mol. The van der Waals surface area contributed by atoms with Gasteiger partial charge in [-0.3, -0.25) is 13.9 Å². The normalized spacial score (nSPS) is 12.1. The quantitative estimate of drug-likeness (QED) is 0.414. The molecule has 0 unspecified atom stereocenters. The number of amides is 2. The van der Waals surface area contributed by atoms with E-state index in [1.807, 2.05) is 26.0 Å². The third-order valence-electron chi connectivity index (χ3n) is 5.82. The fourth-order valence-corrected chi connectivity index (χ4v) is 4.92. The number of ether oxygens (including phenoxy) is 1. The second-order valence-electron chi connectivity index (χ2n) is 8.71. The van der Waals surface area contributed by atoms with E-state index in [1.54, 1.807) is 44.4 Å². The van der Waals surface area contributed by atoms with Crippen molar-refractivity contribution in [3.05, 3.63) is 58.6 Å². The zero-order chi connectivity index (χ0) is 26.9. The molecule has 2 amide bonds. The molecule has 0 radical (unpaired) electrons. The number of methoxy groups -OCH3 is 1. The van der Waals surface area contributed by atoms with Crippen molar-refractivity contribution >= 4 is 39.1 Å². The number of rotatable bonds is 13. The minimum Gasteiger partial charge on any atom is -0.497 e. The van der Waals surface area contributed by atoms with E-state index in [0.717, 1.165) is 23.8 Å². The van der Waals surface area contributed by atoms with Crippen molar-refractivity contribution in [3.63, 3.8) is 0 Å². The van der Waals surface area contributed by atoms with Crippen LogP contribution in [-0.2, 0) is 26.2 Å². The monoisotopic (exact) mass is 537 g/mol. The third kappa shape index (κ3) is 8.41. The van der Waals surface area contributed by atoms with Crippen molar-refractivity contribution in [1.82, 2.24) is 10.2 Å². The Morgan fingerprint density at radius 3 is 2.39 bits per heavy atom. The number of anilines is 1. The summed E-state index contributed by atoms with van der Waals surface area (Å²) in [7, 11) is -2.02. The number of aryl methyl sites for hydroxylation is 1. The first kappa shape index (κ1) is 29.5. The van der Waals surface area contributed by atoms with Gasteiger partial charge in [-0.1, -0.05) is 36.7 Å². The number of hydrogen-bond acceptors (Lipinski definition) is 5. The highest BCUT2D eigenvalue weighted by Gasteiger charge is 2.26. The molecule has 0 saturated heterocycles. The molecule has 0 aliphatic rings. The van der Waals surface area contributed by atoms with E-state index in [2.05, 4.69) is 5.32 Å². The Morgan fingerprint density at radius 2 is 1.81 bits per heavy atom. The molecule has 8 nitrogen and oxygen atoms in total. The average molecular weight is 538 g/mol. The Bertz CT molecular complexity index is 1140. The fraction of sp³-hybridized carbons (Fsp3) is 0.462. The van der Waals surface area contributed by atoms with Gasteiger partial charge in [0.25, 0.3) is 0 Å². The summed E-state index contributed by atoms with van der Waals surface area (Å²) in [4.78, 5) is 27.5. The predicted molar refractivity (Wildman–Crippen MR) is 144 cm³/mol. The van der Waals surface area contributed by atoms with Gasteiger partial charge in [0.15, 0.2) is 0 Å². The van der Waals surface area contributed by atoms with Crippen LogP contribution >= 0.6 is 11.6 Å². The minimum atomic E-state index is -3.60. The molecule has 0 aliphatic heterocycles. The molecule has 2 aromatic carbocycles. The van der Waals surface area contributed by atoms with Gasteiger partial charge in [-0.25, -0.2) is 8.42 Å². The van der Waals surface area contributed by atoms with Crippen LogP contribution < -0.4 is 14.4 Å². The van der Waals surface area contributed by atoms with E-state index < -0.39 is 16.1 Å². The summed E-state index contributed by atoms with van der Waals surface area (Å²) in [6.07, 6.45) is 2.27. The zero-order valence-electron chi connectivity index (χ0n) is 21.6. The maximum atomic E-state index is 13.3. The van der Waals surface area contributed by atoms with Gasteiger partial charge < -0.3 is 15.0 Å². The molecule has 0 aromatic heterocycles. The maximum absolute atomic E-state index is 13.3. The average Bonchev–Trinajstić information content (AvgIpc) is 2.84. The summed E-state index contributed by atoms with van der Waals surface area (Å²) in [5.74, 6) is 0.231. The lowest BCUT2D eigenvalue weighted by Crippen LogP contribution is -2.47. The zero-order valence-corrected chi connectivity index (χ0v) is 23.2. The van der Waals surface area contributed by atoms with Gasteiger partial charge in [-0.05, 0) is 62.1 Å². The number of nitrogens with zero attached hydrogens (tertiary/aromatic N) is 2. The lowest BCUT2D eigenvalue weighted by molar-refractivity contribution is -0.140. The molecule has 10 heteroatoms. The summed E-state index contributed by atoms with van der Waals surface area (Å²) < 4.78 is 31.5. The Hall–Kier alpha value is -2.78. The van der Waals surface area contributed by atoms with Crippen molar-refractivity contribution in [2.45, 2.75) is 52.6 Å². The molecule has 0 aliphatic carbocycles. The number of hydrogen-bond donors (Lipinski definition) is 1. The molecule has 2 aromatic rings. The van der Waals surface area contributed by atoms with Crippen LogP contribution in [0.3, 0.4) is 0 Å². The second kappa shape index (κ2) is 13.5. The summed E-state index contributed by atoms with van der Waals surface area (Å²) in [6.45, 7) is 6.34. The van der Waals surface area contributed by atoms with Crippen molar-refractivity contribution < 1.29 is 22.7 Å². The third-order valence-corrected chi connectivity index (χ3v) is 7.24. The molecule has 0 bridgehead atoms. The second-order valence-corrected chi connectivity index (χ2v) is 11.0. The van der Waals surface area contributed by atoms with Gasteiger partial charge in [-0.2, -0.15) is 0 Å². The molecule has 0 saturated carbocycles. The molecule has 1 N–H and O–H groups in total. The highest BCUT2D eigenvalue weighted by Crippen LogP contribution is 2.27. The summed E-state index contributed by atoms with van der Waals surface area (Å²) >= 11 is 6.11. The van der Waals surface area contributed by atoms with Gasteiger partial charge in [0.05, 0.1) is 19.1 Å². The number of nitrogens with one attached hydrogen (secondary N) is 1. The van der Waals surface area contributed by atoms with Crippen molar-refractivity contribution in [1.29, 1.82) is 0 Å². The van der Waals surface area contributed by atoms with Crippen LogP contribution in [0.1, 0.15) is 44.2 Å². The van der Waals surface area contributed by atoms with E-state index >= 15 is 0 Å². The van der Waals surface area contributed by atoms with Gasteiger partial charge in [-0.15, -0.1) is 0 Å². The van der Waals surface area contributed by atoms with E-state index in [-0.39, 0.29) is 37.7 Å². The standard InChI is InChI=1S/C26H36ClN3O5S/c1-6-15-28-26(32)20(3)29(18-21-10-13-23(35-4)14-11-21)25(31)8-7-16-30(36(5,33)34)24-17-22(27)12-9-19(24)2/h9-14,17,20H,6-8,15-16,18H2,1-5H3,(H,28,32)/t20-/m0/s1. The number of benzene rings is 2. The van der Waals surface area contributed by atoms with Gasteiger partial charge in [0.2, 0.25) is 21.8 Å². The smallest absolute Gasteiger partial charge is 0.242 e. The van der Waals surface area contributed by atoms with Crippen LogP contribution in [0, 0.1) is 6.92 Å². The molecule has 198 valence electrons. The maximum Gasteiger partial charge on any atom is 0.242 e. The Morgan fingerprint density at radius 1 is 1.14 bits per heavy atom. The molecule has 36 heavy (non-hydrogen) atoms. The molecular formula is C26H36ClN3O5S. The van der Waals surface area contributed by atoms with Crippen LogP contribution in [0.25, 0.3) is 0 Å². The number of carbonyl (C=O) groups is 2. The molecule has 0 heterocycles. The first-order valence-corrected chi connectivity index (χ1v) is 14.1. The first-order valence-electron chi connectivity index (χ1n) is 11.9. The highest BCUT2D eigenvalue weighted by molar-refractivity contribution is 7.92. The molecule has 2 rings (SSSR count). The van der Waals surface area contributed by atoms with E-state index in [9.17, 15) is 18.0 Å². The van der Waals surface area contributed by atoms with Crippen LogP contribution in [0.4, 0.5) is 5.69 Å². The van der Waals surface area contributed by atoms with Crippen molar-refractivity contribution in [2.75, 3.05) is 30.8 Å². The van der Waals surface area contributed by atoms with Gasteiger partial charge in [0, 0.05) is 31.1 Å². The lowest BCUT2D eigenvalue weighted by atomic mass is 10.1. The summed E-state index contributed by atoms with van der Waals surface area (Å²) in [5.41, 5.74) is 2.10. The Kier molecular flexibility index (Phi) is 11.0. The molecule has 1 atom stereocenters. The van der Waals surface area contributed by atoms with Crippen LogP contribution in [0.5, 0.6) is 5.75 Å². The Balaban J connectivity index is 2.19. The number of halogens is 1. The number of carbonyl (C=O) groups excluding carboxylic acids is 2. The lowest BCUT2D eigenvalue weighted by Gasteiger charge is -2.29. The van der Waals surface area contributed by atoms with Gasteiger partial charge in [0.1, 0.15) is 11.8 Å². The fourth-order valence-electron chi connectivity index (χ4n) is 3.74. The SMILES string of the molecule is CCCNC(=O)[C@H](C)N(Cc1ccc(OC)cc1)C(=O)CCCN(c1cc(Cl)ccc1C)S(C)(=O)=O. The molecule has 0 spiro atoms. The molecule has 0 fully saturated rings. The highest BCUT2D eigenvalue weighted by atomic mass is 35.5. The Labute approximate surface area is 219 Å².